The third kappa shape index (κ3) is 3.75. The van der Waals surface area contributed by atoms with Crippen LogP contribution in [0.2, 0.25) is 0 Å². The van der Waals surface area contributed by atoms with E-state index in [9.17, 15) is 13.2 Å². The van der Waals surface area contributed by atoms with Gasteiger partial charge in [0, 0.05) is 18.8 Å². The van der Waals surface area contributed by atoms with Gasteiger partial charge in [-0.2, -0.15) is 4.31 Å². The Morgan fingerprint density at radius 2 is 1.63 bits per heavy atom. The lowest BCUT2D eigenvalue weighted by Gasteiger charge is -2.55. The third-order valence-corrected chi connectivity index (χ3v) is 9.42. The Bertz CT molecular complexity index is 872. The Morgan fingerprint density at radius 1 is 1.07 bits per heavy atom. The summed E-state index contributed by atoms with van der Waals surface area (Å²) in [5.41, 5.74) is 0.260. The normalized spacial score (nSPS) is 29.9. The fourth-order valence-corrected chi connectivity index (χ4v) is 8.03. The first-order valence-corrected chi connectivity index (χ1v) is 12.8. The van der Waals surface area contributed by atoms with Gasteiger partial charge in [0.25, 0.3) is 0 Å². The van der Waals surface area contributed by atoms with Crippen molar-refractivity contribution in [1.29, 1.82) is 0 Å². The number of carbonyl (C=O) groups is 1. The summed E-state index contributed by atoms with van der Waals surface area (Å²) >= 11 is 0. The van der Waals surface area contributed by atoms with Gasteiger partial charge < -0.3 is 10.1 Å². The summed E-state index contributed by atoms with van der Waals surface area (Å²) in [5, 5.41) is 3.08. The molecular formula is C23H34N2O4S. The van der Waals surface area contributed by atoms with E-state index in [0.717, 1.165) is 19.3 Å². The Kier molecular flexibility index (Phi) is 5.88. The first-order chi connectivity index (χ1) is 14.3. The zero-order valence-electron chi connectivity index (χ0n) is 18.3. The quantitative estimate of drug-likeness (QED) is 0.663. The van der Waals surface area contributed by atoms with Crippen molar-refractivity contribution in [3.63, 3.8) is 0 Å². The van der Waals surface area contributed by atoms with Crippen molar-refractivity contribution in [3.05, 3.63) is 18.2 Å². The first kappa shape index (κ1) is 21.6. The SMILES string of the molecule is CCOc1ccc(NC(=O)C23CC4CC(CC(C4)C2)C3)cc1S(=O)(=O)N(CC)CC. The summed E-state index contributed by atoms with van der Waals surface area (Å²) in [4.78, 5) is 13.5. The van der Waals surface area contributed by atoms with Gasteiger partial charge in [-0.1, -0.05) is 13.8 Å². The minimum absolute atomic E-state index is 0.0666. The smallest absolute Gasteiger partial charge is 0.246 e. The van der Waals surface area contributed by atoms with E-state index in [2.05, 4.69) is 5.32 Å². The van der Waals surface area contributed by atoms with Crippen LogP contribution >= 0.6 is 0 Å². The predicted molar refractivity (Wildman–Crippen MR) is 117 cm³/mol. The van der Waals surface area contributed by atoms with Crippen LogP contribution in [-0.4, -0.2) is 38.3 Å². The van der Waals surface area contributed by atoms with Crippen LogP contribution in [0.4, 0.5) is 5.69 Å². The maximum absolute atomic E-state index is 13.4. The molecule has 0 radical (unpaired) electrons. The van der Waals surface area contributed by atoms with Crippen LogP contribution in [0.1, 0.15) is 59.3 Å². The van der Waals surface area contributed by atoms with Crippen molar-refractivity contribution < 1.29 is 17.9 Å². The summed E-state index contributed by atoms with van der Waals surface area (Å²) < 4.78 is 33.4. The van der Waals surface area contributed by atoms with Crippen LogP contribution in [0, 0.1) is 23.2 Å². The van der Waals surface area contributed by atoms with Crippen molar-refractivity contribution in [2.75, 3.05) is 25.0 Å². The summed E-state index contributed by atoms with van der Waals surface area (Å²) in [6, 6.07) is 4.98. The number of hydrogen-bond acceptors (Lipinski definition) is 4. The number of amides is 1. The molecule has 30 heavy (non-hydrogen) atoms. The van der Waals surface area contributed by atoms with E-state index in [0.29, 0.717) is 48.9 Å². The van der Waals surface area contributed by atoms with Crippen molar-refractivity contribution in [1.82, 2.24) is 4.31 Å². The minimum Gasteiger partial charge on any atom is -0.492 e. The second-order valence-electron chi connectivity index (χ2n) is 9.34. The number of benzene rings is 1. The number of anilines is 1. The zero-order chi connectivity index (χ0) is 21.5. The highest BCUT2D eigenvalue weighted by molar-refractivity contribution is 7.89. The van der Waals surface area contributed by atoms with Gasteiger partial charge in [0.05, 0.1) is 12.0 Å². The number of carbonyl (C=O) groups excluding carboxylic acids is 1. The molecule has 0 aromatic heterocycles. The lowest BCUT2D eigenvalue weighted by atomic mass is 9.49. The van der Waals surface area contributed by atoms with E-state index in [4.69, 9.17) is 4.74 Å². The van der Waals surface area contributed by atoms with E-state index >= 15 is 0 Å². The van der Waals surface area contributed by atoms with Crippen LogP contribution in [-0.2, 0) is 14.8 Å². The number of ether oxygens (including phenoxy) is 1. The molecule has 4 fully saturated rings. The van der Waals surface area contributed by atoms with E-state index in [1.54, 1.807) is 18.2 Å². The maximum Gasteiger partial charge on any atom is 0.246 e. The van der Waals surface area contributed by atoms with Crippen molar-refractivity contribution in [2.24, 2.45) is 23.2 Å². The fraction of sp³-hybridized carbons (Fsp3) is 0.696. The van der Waals surface area contributed by atoms with Crippen LogP contribution in [0.15, 0.2) is 23.1 Å². The van der Waals surface area contributed by atoms with Gasteiger partial charge in [0.1, 0.15) is 10.6 Å². The average Bonchev–Trinajstić information content (AvgIpc) is 2.69. The standard InChI is InChI=1S/C23H34N2O4S/c1-4-25(5-2)30(27,28)21-12-19(7-8-20(21)29-6-3)24-22(26)23-13-16-9-17(14-23)11-18(10-16)15-23/h7-8,12,16-18H,4-6,9-11,13-15H2,1-3H3,(H,24,26). The predicted octanol–water partition coefficient (Wildman–Crippen LogP) is 4.27. The second-order valence-corrected chi connectivity index (χ2v) is 11.2. The summed E-state index contributed by atoms with van der Waals surface area (Å²) in [7, 11) is -3.70. The van der Waals surface area contributed by atoms with Gasteiger partial charge in [0.15, 0.2) is 0 Å². The molecule has 4 saturated carbocycles. The van der Waals surface area contributed by atoms with Crippen molar-refractivity contribution in [3.8, 4) is 5.75 Å². The third-order valence-electron chi connectivity index (χ3n) is 7.34. The monoisotopic (exact) mass is 434 g/mol. The second kappa shape index (κ2) is 8.15. The fourth-order valence-electron chi connectivity index (χ4n) is 6.42. The summed E-state index contributed by atoms with van der Waals surface area (Å²) in [5.74, 6) is 2.44. The van der Waals surface area contributed by atoms with Crippen molar-refractivity contribution in [2.45, 2.75) is 64.2 Å². The van der Waals surface area contributed by atoms with Crippen molar-refractivity contribution >= 4 is 21.6 Å². The van der Waals surface area contributed by atoms with Gasteiger partial charge in [-0.05, 0) is 81.4 Å². The number of rotatable bonds is 8. The molecule has 5 rings (SSSR count). The Balaban J connectivity index is 1.61. The largest absolute Gasteiger partial charge is 0.492 e. The lowest BCUT2D eigenvalue weighted by Crippen LogP contribution is -2.51. The van der Waals surface area contributed by atoms with Crippen LogP contribution in [0.3, 0.4) is 0 Å². The number of sulfonamides is 1. The molecule has 0 aliphatic heterocycles. The first-order valence-electron chi connectivity index (χ1n) is 11.4. The van der Waals surface area contributed by atoms with E-state index in [1.807, 2.05) is 20.8 Å². The van der Waals surface area contributed by atoms with E-state index in [-0.39, 0.29) is 16.2 Å². The van der Waals surface area contributed by atoms with Gasteiger partial charge >= 0.3 is 0 Å². The summed E-state index contributed by atoms with van der Waals surface area (Å²) in [6.45, 7) is 6.61. The molecule has 1 aromatic rings. The molecule has 166 valence electrons. The van der Waals surface area contributed by atoms with Gasteiger partial charge in [-0.15, -0.1) is 0 Å². The molecule has 0 spiro atoms. The Hall–Kier alpha value is -1.60. The van der Waals surface area contributed by atoms with Crippen LogP contribution < -0.4 is 10.1 Å². The molecular weight excluding hydrogens is 400 g/mol. The highest BCUT2D eigenvalue weighted by Crippen LogP contribution is 2.60. The van der Waals surface area contributed by atoms with Crippen LogP contribution in [0.5, 0.6) is 5.75 Å². The molecule has 4 bridgehead atoms. The molecule has 7 heteroatoms. The minimum atomic E-state index is -3.70. The number of hydrogen-bond donors (Lipinski definition) is 1. The number of nitrogens with zero attached hydrogens (tertiary/aromatic N) is 1. The lowest BCUT2D eigenvalue weighted by molar-refractivity contribution is -0.140. The Morgan fingerprint density at radius 3 is 2.13 bits per heavy atom. The highest BCUT2D eigenvalue weighted by Gasteiger charge is 2.54. The molecule has 0 unspecified atom stereocenters. The van der Waals surface area contributed by atoms with Crippen LogP contribution in [0.25, 0.3) is 0 Å². The Labute approximate surface area is 180 Å². The molecule has 4 aliphatic rings. The molecule has 0 atom stereocenters. The van der Waals surface area contributed by atoms with Gasteiger partial charge in [-0.25, -0.2) is 8.42 Å². The molecule has 1 amide bonds. The van der Waals surface area contributed by atoms with E-state index in [1.165, 1.54) is 23.6 Å². The molecule has 0 heterocycles. The molecule has 1 N–H and O–H groups in total. The van der Waals surface area contributed by atoms with Gasteiger partial charge in [0.2, 0.25) is 15.9 Å². The molecule has 0 saturated heterocycles. The van der Waals surface area contributed by atoms with E-state index < -0.39 is 10.0 Å². The maximum atomic E-state index is 13.4. The van der Waals surface area contributed by atoms with Gasteiger partial charge in [-0.3, -0.25) is 4.79 Å². The highest BCUT2D eigenvalue weighted by atomic mass is 32.2. The average molecular weight is 435 g/mol. The summed E-state index contributed by atoms with van der Waals surface area (Å²) in [6.07, 6.45) is 6.77. The molecule has 4 aliphatic carbocycles. The molecule has 6 nitrogen and oxygen atoms in total. The molecule has 1 aromatic carbocycles. The topological polar surface area (TPSA) is 75.7 Å². The number of nitrogens with one attached hydrogen (secondary N) is 1. The zero-order valence-corrected chi connectivity index (χ0v) is 19.1.